The number of rotatable bonds is 6. The van der Waals surface area contributed by atoms with Gasteiger partial charge < -0.3 is 10.1 Å². The van der Waals surface area contributed by atoms with E-state index < -0.39 is 21.7 Å². The Morgan fingerprint density at radius 2 is 1.87 bits per heavy atom. The van der Waals surface area contributed by atoms with E-state index >= 15 is 0 Å². The van der Waals surface area contributed by atoms with Crippen molar-refractivity contribution in [1.82, 2.24) is 4.72 Å². The molecule has 1 fully saturated rings. The molecular weight excluding hydrogens is 407 g/mol. The fourth-order valence-electron chi connectivity index (χ4n) is 3.80. The molecule has 1 aliphatic carbocycles. The van der Waals surface area contributed by atoms with Gasteiger partial charge >= 0.3 is 0 Å². The van der Waals surface area contributed by atoms with Crippen LogP contribution >= 0.6 is 0 Å². The Morgan fingerprint density at radius 1 is 1.13 bits per heavy atom. The second kappa shape index (κ2) is 9.14. The monoisotopic (exact) mass is 434 g/mol. The van der Waals surface area contributed by atoms with Crippen LogP contribution in [0.15, 0.2) is 47.4 Å². The lowest BCUT2D eigenvalue weighted by atomic mass is 9.78. The number of nitrogens with one attached hydrogen (secondary N) is 2. The second-order valence-corrected chi connectivity index (χ2v) is 9.51. The van der Waals surface area contributed by atoms with Crippen molar-refractivity contribution in [2.45, 2.75) is 44.0 Å². The normalized spacial score (nSPS) is 21.8. The lowest BCUT2D eigenvalue weighted by Crippen LogP contribution is -2.43. The maximum Gasteiger partial charge on any atom is 0.258 e. The van der Waals surface area contributed by atoms with Crippen molar-refractivity contribution in [3.05, 3.63) is 53.8 Å². The van der Waals surface area contributed by atoms with Gasteiger partial charge in [-0.25, -0.2) is 17.5 Å². The van der Waals surface area contributed by atoms with Gasteiger partial charge in [0.15, 0.2) is 0 Å². The molecule has 1 aliphatic rings. The number of benzene rings is 2. The predicted molar refractivity (Wildman–Crippen MR) is 114 cm³/mol. The fourth-order valence-corrected chi connectivity index (χ4v) is 5.19. The Kier molecular flexibility index (Phi) is 6.77. The van der Waals surface area contributed by atoms with Crippen molar-refractivity contribution in [1.29, 1.82) is 0 Å². The molecular formula is C22H27FN2O4S. The molecule has 2 aromatic rings. The Morgan fingerprint density at radius 3 is 2.60 bits per heavy atom. The number of ether oxygens (including phenoxy) is 1. The van der Waals surface area contributed by atoms with Gasteiger partial charge in [0.1, 0.15) is 11.6 Å². The number of hydrogen-bond donors (Lipinski definition) is 2. The summed E-state index contributed by atoms with van der Waals surface area (Å²) in [6.45, 7) is 4.15. The van der Waals surface area contributed by atoms with Crippen LogP contribution in [0.25, 0.3) is 0 Å². The highest BCUT2D eigenvalue weighted by molar-refractivity contribution is 7.89. The summed E-state index contributed by atoms with van der Waals surface area (Å²) in [7, 11) is -2.44. The molecule has 0 bridgehead atoms. The third-order valence-corrected chi connectivity index (χ3v) is 7.35. The highest BCUT2D eigenvalue weighted by Gasteiger charge is 2.31. The first kappa shape index (κ1) is 22.2. The van der Waals surface area contributed by atoms with Crippen molar-refractivity contribution >= 4 is 21.6 Å². The number of hydrogen-bond acceptors (Lipinski definition) is 4. The molecule has 0 aliphatic heterocycles. The van der Waals surface area contributed by atoms with E-state index in [0.29, 0.717) is 17.4 Å². The Bertz CT molecular complexity index is 1030. The zero-order chi connectivity index (χ0) is 21.9. The van der Waals surface area contributed by atoms with E-state index in [-0.39, 0.29) is 22.4 Å². The average molecular weight is 435 g/mol. The van der Waals surface area contributed by atoms with Crippen molar-refractivity contribution < 1.29 is 22.3 Å². The van der Waals surface area contributed by atoms with Crippen molar-refractivity contribution in [2.24, 2.45) is 11.8 Å². The van der Waals surface area contributed by atoms with Crippen LogP contribution in [0.2, 0.25) is 0 Å². The highest BCUT2D eigenvalue weighted by atomic mass is 32.2. The molecule has 0 aromatic heterocycles. The zero-order valence-electron chi connectivity index (χ0n) is 17.3. The first-order valence-corrected chi connectivity index (χ1v) is 11.5. The van der Waals surface area contributed by atoms with Crippen molar-refractivity contribution in [3.8, 4) is 5.75 Å². The maximum absolute atomic E-state index is 14.4. The molecule has 0 radical (unpaired) electrons. The number of carbonyl (C=O) groups excluding carboxylic acids is 1. The van der Waals surface area contributed by atoms with Crippen LogP contribution in [0.3, 0.4) is 0 Å². The van der Waals surface area contributed by atoms with E-state index in [1.165, 1.54) is 13.2 Å². The molecule has 6 nitrogen and oxygen atoms in total. The first-order chi connectivity index (χ1) is 14.2. The summed E-state index contributed by atoms with van der Waals surface area (Å²) in [4.78, 5) is 12.5. The molecule has 0 heterocycles. The molecule has 0 spiro atoms. The minimum absolute atomic E-state index is 0.139. The largest absolute Gasteiger partial charge is 0.495 e. The lowest BCUT2D eigenvalue weighted by molar-refractivity contribution is 0.102. The summed E-state index contributed by atoms with van der Waals surface area (Å²) in [6.07, 6.45) is 2.78. The summed E-state index contributed by atoms with van der Waals surface area (Å²) in [6, 6.07) is 9.76. The predicted octanol–water partition coefficient (Wildman–Crippen LogP) is 4.19. The van der Waals surface area contributed by atoms with Gasteiger partial charge in [0.05, 0.1) is 23.3 Å². The number of anilines is 1. The summed E-state index contributed by atoms with van der Waals surface area (Å²) < 4.78 is 48.1. The van der Waals surface area contributed by atoms with Crippen LogP contribution in [0, 0.1) is 17.7 Å². The van der Waals surface area contributed by atoms with Crippen molar-refractivity contribution in [2.75, 3.05) is 12.4 Å². The highest BCUT2D eigenvalue weighted by Crippen LogP contribution is 2.31. The molecule has 1 amide bonds. The van der Waals surface area contributed by atoms with Gasteiger partial charge in [0.25, 0.3) is 5.91 Å². The van der Waals surface area contributed by atoms with E-state index in [2.05, 4.69) is 17.0 Å². The van der Waals surface area contributed by atoms with E-state index in [1.807, 2.05) is 6.92 Å². The van der Waals surface area contributed by atoms with E-state index in [9.17, 15) is 17.6 Å². The van der Waals surface area contributed by atoms with Gasteiger partial charge in [0.2, 0.25) is 10.0 Å². The molecule has 162 valence electrons. The van der Waals surface area contributed by atoms with Crippen LogP contribution < -0.4 is 14.8 Å². The minimum atomic E-state index is -3.90. The number of amides is 1. The number of sulfonamides is 1. The average Bonchev–Trinajstić information content (AvgIpc) is 2.71. The van der Waals surface area contributed by atoms with Gasteiger partial charge in [-0.1, -0.05) is 38.8 Å². The van der Waals surface area contributed by atoms with Gasteiger partial charge in [0, 0.05) is 6.04 Å². The molecule has 3 atom stereocenters. The van der Waals surface area contributed by atoms with Gasteiger partial charge in [-0.05, 0) is 48.6 Å². The van der Waals surface area contributed by atoms with Crippen LogP contribution in [0.4, 0.5) is 10.1 Å². The maximum atomic E-state index is 14.4. The molecule has 8 heteroatoms. The van der Waals surface area contributed by atoms with E-state index in [1.54, 1.807) is 24.3 Å². The third-order valence-electron chi connectivity index (χ3n) is 5.86. The third kappa shape index (κ3) is 4.82. The topological polar surface area (TPSA) is 84.5 Å². The molecule has 30 heavy (non-hydrogen) atoms. The summed E-state index contributed by atoms with van der Waals surface area (Å²) in [5.74, 6) is -0.532. The molecule has 2 aromatic carbocycles. The second-order valence-electron chi connectivity index (χ2n) is 7.79. The van der Waals surface area contributed by atoms with E-state index in [0.717, 1.165) is 31.4 Å². The first-order valence-electron chi connectivity index (χ1n) is 9.99. The summed E-state index contributed by atoms with van der Waals surface area (Å²) in [5.41, 5.74) is 0.00893. The number of methoxy groups -OCH3 is 1. The molecule has 3 rings (SSSR count). The lowest BCUT2D eigenvalue weighted by Gasteiger charge is -2.34. The standard InChI is InChI=1S/C22H27FN2O4S/c1-14-7-6-9-19(15(14)2)25-30(27,28)16-11-12-18(23)17(13-16)22(26)24-20-8-4-5-10-21(20)29-3/h4-5,8,10-15,19,25H,6-7,9H2,1-3H3,(H,24,26)/t14-,15-,19+/m1/s1. The van der Waals surface area contributed by atoms with Crippen LogP contribution in [-0.2, 0) is 10.0 Å². The molecule has 1 saturated carbocycles. The molecule has 0 saturated heterocycles. The van der Waals surface area contributed by atoms with Crippen LogP contribution in [0.5, 0.6) is 5.75 Å². The fraction of sp³-hybridized carbons (Fsp3) is 0.409. The molecule has 0 unspecified atom stereocenters. The number of para-hydroxylation sites is 2. The van der Waals surface area contributed by atoms with Crippen LogP contribution in [0.1, 0.15) is 43.5 Å². The summed E-state index contributed by atoms with van der Waals surface area (Å²) >= 11 is 0. The number of carbonyl (C=O) groups is 1. The quantitative estimate of drug-likeness (QED) is 0.714. The van der Waals surface area contributed by atoms with Crippen LogP contribution in [-0.4, -0.2) is 27.5 Å². The Labute approximate surface area is 176 Å². The van der Waals surface area contributed by atoms with Gasteiger partial charge in [-0.2, -0.15) is 0 Å². The summed E-state index contributed by atoms with van der Waals surface area (Å²) in [5, 5.41) is 2.57. The zero-order valence-corrected chi connectivity index (χ0v) is 18.1. The smallest absolute Gasteiger partial charge is 0.258 e. The van der Waals surface area contributed by atoms with Crippen molar-refractivity contribution in [3.63, 3.8) is 0 Å². The number of halogens is 1. The van der Waals surface area contributed by atoms with Gasteiger partial charge in [-0.15, -0.1) is 0 Å². The Hall–Kier alpha value is -2.45. The van der Waals surface area contributed by atoms with E-state index in [4.69, 9.17) is 4.74 Å². The SMILES string of the molecule is COc1ccccc1NC(=O)c1cc(S(=O)(=O)N[C@H]2CCC[C@@H](C)[C@H]2C)ccc1F. The minimum Gasteiger partial charge on any atom is -0.495 e. The Balaban J connectivity index is 1.84. The van der Waals surface area contributed by atoms with Gasteiger partial charge in [-0.3, -0.25) is 4.79 Å². The molecule has 2 N–H and O–H groups in total.